The highest BCUT2D eigenvalue weighted by atomic mass is 32.1. The fourth-order valence-corrected chi connectivity index (χ4v) is 4.10. The summed E-state index contributed by atoms with van der Waals surface area (Å²) in [4.78, 5) is 15.7. The molecule has 0 spiro atoms. The molecule has 0 bridgehead atoms. The highest BCUT2D eigenvalue weighted by molar-refractivity contribution is 7.13. The van der Waals surface area contributed by atoms with Gasteiger partial charge in [-0.1, -0.05) is 6.07 Å². The maximum Gasteiger partial charge on any atom is 0.573 e. The Labute approximate surface area is 180 Å². The van der Waals surface area contributed by atoms with Crippen LogP contribution in [0.3, 0.4) is 0 Å². The van der Waals surface area contributed by atoms with E-state index in [-0.39, 0.29) is 17.6 Å². The predicted molar refractivity (Wildman–Crippen MR) is 112 cm³/mol. The van der Waals surface area contributed by atoms with E-state index in [1.807, 2.05) is 29.6 Å². The van der Waals surface area contributed by atoms with Crippen molar-refractivity contribution in [2.24, 2.45) is 5.92 Å². The molecule has 0 unspecified atom stereocenters. The van der Waals surface area contributed by atoms with Crippen LogP contribution in [0.5, 0.6) is 5.75 Å². The maximum atomic E-state index is 12.5. The Kier molecular flexibility index (Phi) is 6.08. The number of alkyl halides is 3. The average Bonchev–Trinajstić information content (AvgIpc) is 3.29. The van der Waals surface area contributed by atoms with Gasteiger partial charge in [-0.3, -0.25) is 4.79 Å². The number of nitrogens with one attached hydrogen (secondary N) is 1. The topological polar surface area (TPSA) is 67.3 Å². The Balaban J connectivity index is 1.29. The van der Waals surface area contributed by atoms with Crippen LogP contribution >= 0.6 is 11.3 Å². The molecular weight excluding hydrogens is 429 g/mol. The van der Waals surface area contributed by atoms with Crippen molar-refractivity contribution >= 4 is 28.7 Å². The molecule has 1 N–H and O–H groups in total. The number of carbonyl (C=O) groups excluding carboxylic acids is 1. The second kappa shape index (κ2) is 8.93. The molecule has 0 saturated carbocycles. The number of nitrogens with zero attached hydrogens (tertiary/aromatic N) is 3. The van der Waals surface area contributed by atoms with Gasteiger partial charge in [-0.05, 0) is 60.7 Å². The number of piperidine rings is 1. The lowest BCUT2D eigenvalue weighted by atomic mass is 9.96. The van der Waals surface area contributed by atoms with Gasteiger partial charge in [0.05, 0.1) is 4.88 Å². The number of rotatable bonds is 5. The summed E-state index contributed by atoms with van der Waals surface area (Å²) in [6.07, 6.45) is -3.45. The summed E-state index contributed by atoms with van der Waals surface area (Å²) in [6, 6.07) is 13.0. The zero-order valence-electron chi connectivity index (χ0n) is 16.3. The first kappa shape index (κ1) is 21.1. The minimum absolute atomic E-state index is 0.150. The minimum atomic E-state index is -4.74. The normalized spacial score (nSPS) is 15.0. The van der Waals surface area contributed by atoms with Gasteiger partial charge in [-0.15, -0.1) is 34.7 Å². The molecule has 4 rings (SSSR count). The van der Waals surface area contributed by atoms with Crippen LogP contribution in [-0.2, 0) is 4.79 Å². The van der Waals surface area contributed by atoms with Crippen molar-refractivity contribution < 1.29 is 22.7 Å². The fourth-order valence-electron chi connectivity index (χ4n) is 3.40. The Bertz CT molecular complexity index is 1000. The van der Waals surface area contributed by atoms with Crippen molar-refractivity contribution in [3.05, 3.63) is 53.9 Å². The maximum absolute atomic E-state index is 12.5. The third kappa shape index (κ3) is 5.52. The summed E-state index contributed by atoms with van der Waals surface area (Å²) in [5.74, 6) is 0.119. The van der Waals surface area contributed by atoms with Crippen LogP contribution in [0.25, 0.3) is 10.6 Å². The molecule has 6 nitrogen and oxygen atoms in total. The van der Waals surface area contributed by atoms with E-state index in [0.29, 0.717) is 31.6 Å². The lowest BCUT2D eigenvalue weighted by Gasteiger charge is -2.31. The molecule has 31 heavy (non-hydrogen) atoms. The van der Waals surface area contributed by atoms with E-state index in [1.165, 1.54) is 24.3 Å². The summed E-state index contributed by atoms with van der Waals surface area (Å²) in [7, 11) is 0. The third-order valence-electron chi connectivity index (χ3n) is 4.97. The first-order valence-corrected chi connectivity index (χ1v) is 10.5. The van der Waals surface area contributed by atoms with E-state index < -0.39 is 6.36 Å². The second-order valence-electron chi connectivity index (χ2n) is 7.08. The molecule has 1 saturated heterocycles. The van der Waals surface area contributed by atoms with E-state index in [2.05, 4.69) is 25.2 Å². The summed E-state index contributed by atoms with van der Waals surface area (Å²) in [5.41, 5.74) is 1.26. The number of benzene rings is 1. The summed E-state index contributed by atoms with van der Waals surface area (Å²) in [5, 5.41) is 13.4. The first-order valence-electron chi connectivity index (χ1n) is 9.66. The second-order valence-corrected chi connectivity index (χ2v) is 8.02. The van der Waals surface area contributed by atoms with E-state index in [9.17, 15) is 18.0 Å². The number of ether oxygens (including phenoxy) is 1. The number of amides is 1. The summed E-state index contributed by atoms with van der Waals surface area (Å²) in [6.45, 7) is 1.34. The summed E-state index contributed by atoms with van der Waals surface area (Å²) >= 11 is 1.61. The number of carbonyl (C=O) groups is 1. The number of thiophene rings is 1. The molecule has 3 aromatic rings. The van der Waals surface area contributed by atoms with E-state index in [1.54, 1.807) is 11.3 Å². The van der Waals surface area contributed by atoms with Crippen molar-refractivity contribution in [2.45, 2.75) is 19.2 Å². The molecule has 1 aliphatic heterocycles. The molecule has 1 fully saturated rings. The van der Waals surface area contributed by atoms with Crippen LogP contribution < -0.4 is 15.0 Å². The van der Waals surface area contributed by atoms with Gasteiger partial charge in [-0.2, -0.15) is 0 Å². The quantitative estimate of drug-likeness (QED) is 0.598. The standard InChI is InChI=1S/C21H19F3N4O2S/c22-21(23,24)30-16-5-3-15(4-6-16)25-20(29)14-9-11-28(12-10-14)19-8-7-17(26-27-19)18-2-1-13-31-18/h1-8,13-14H,9-12H2,(H,25,29). The van der Waals surface area contributed by atoms with Crippen molar-refractivity contribution in [1.29, 1.82) is 0 Å². The molecule has 1 amide bonds. The molecule has 3 heterocycles. The SMILES string of the molecule is O=C(Nc1ccc(OC(F)(F)F)cc1)C1CCN(c2ccc(-c3cccs3)nn2)CC1. The van der Waals surface area contributed by atoms with Gasteiger partial charge in [0.1, 0.15) is 11.4 Å². The number of aromatic nitrogens is 2. The van der Waals surface area contributed by atoms with Crippen molar-refractivity contribution in [2.75, 3.05) is 23.3 Å². The monoisotopic (exact) mass is 448 g/mol. The number of halogens is 3. The zero-order valence-corrected chi connectivity index (χ0v) is 17.1. The first-order chi connectivity index (χ1) is 14.9. The zero-order chi connectivity index (χ0) is 21.8. The van der Waals surface area contributed by atoms with E-state index in [0.717, 1.165) is 16.4 Å². The molecular formula is C21H19F3N4O2S. The van der Waals surface area contributed by atoms with Crippen LogP contribution in [0, 0.1) is 5.92 Å². The lowest BCUT2D eigenvalue weighted by Crippen LogP contribution is -2.38. The van der Waals surface area contributed by atoms with Gasteiger partial charge in [0.25, 0.3) is 0 Å². The minimum Gasteiger partial charge on any atom is -0.406 e. The highest BCUT2D eigenvalue weighted by Crippen LogP contribution is 2.27. The largest absolute Gasteiger partial charge is 0.573 e. The Morgan fingerprint density at radius 3 is 2.39 bits per heavy atom. The Morgan fingerprint density at radius 2 is 1.81 bits per heavy atom. The molecule has 2 aromatic heterocycles. The van der Waals surface area contributed by atoms with Gasteiger partial charge in [-0.25, -0.2) is 0 Å². The number of anilines is 2. The van der Waals surface area contributed by atoms with Gasteiger partial charge in [0.2, 0.25) is 5.91 Å². The van der Waals surface area contributed by atoms with Crippen molar-refractivity contribution in [3.8, 4) is 16.3 Å². The van der Waals surface area contributed by atoms with E-state index >= 15 is 0 Å². The van der Waals surface area contributed by atoms with Gasteiger partial charge >= 0.3 is 6.36 Å². The molecule has 0 atom stereocenters. The number of hydrogen-bond acceptors (Lipinski definition) is 6. The predicted octanol–water partition coefficient (Wildman–Crippen LogP) is 4.96. The van der Waals surface area contributed by atoms with Gasteiger partial charge < -0.3 is 15.0 Å². The molecule has 0 radical (unpaired) electrons. The van der Waals surface area contributed by atoms with Crippen LogP contribution in [0.15, 0.2) is 53.9 Å². The summed E-state index contributed by atoms with van der Waals surface area (Å²) < 4.78 is 40.5. The molecule has 162 valence electrons. The lowest BCUT2D eigenvalue weighted by molar-refractivity contribution is -0.274. The van der Waals surface area contributed by atoms with Crippen molar-refractivity contribution in [1.82, 2.24) is 10.2 Å². The molecule has 10 heteroatoms. The molecule has 0 aliphatic carbocycles. The highest BCUT2D eigenvalue weighted by Gasteiger charge is 2.31. The van der Waals surface area contributed by atoms with Crippen molar-refractivity contribution in [3.63, 3.8) is 0 Å². The number of hydrogen-bond donors (Lipinski definition) is 1. The van der Waals surface area contributed by atoms with Gasteiger partial charge in [0.15, 0.2) is 5.82 Å². The van der Waals surface area contributed by atoms with Crippen LogP contribution in [-0.4, -0.2) is 35.6 Å². The average molecular weight is 448 g/mol. The van der Waals surface area contributed by atoms with Crippen LogP contribution in [0.4, 0.5) is 24.7 Å². The Hall–Kier alpha value is -3.14. The third-order valence-corrected chi connectivity index (χ3v) is 5.86. The van der Waals surface area contributed by atoms with E-state index in [4.69, 9.17) is 0 Å². The van der Waals surface area contributed by atoms with Gasteiger partial charge in [0, 0.05) is 24.7 Å². The smallest absolute Gasteiger partial charge is 0.406 e. The van der Waals surface area contributed by atoms with Crippen LogP contribution in [0.1, 0.15) is 12.8 Å². The molecule has 1 aliphatic rings. The Morgan fingerprint density at radius 1 is 1.06 bits per heavy atom. The molecule has 1 aromatic carbocycles. The van der Waals surface area contributed by atoms with Crippen LogP contribution in [0.2, 0.25) is 0 Å². The fraction of sp³-hybridized carbons (Fsp3) is 0.286.